The Balaban J connectivity index is 1.65. The highest BCUT2D eigenvalue weighted by atomic mass is 16.2. The monoisotopic (exact) mass is 362 g/mol. The van der Waals surface area contributed by atoms with Gasteiger partial charge in [-0.1, -0.05) is 35.5 Å². The molecule has 0 bridgehead atoms. The Kier molecular flexibility index (Phi) is 4.82. The number of carbonyl (C=O) groups is 1. The summed E-state index contributed by atoms with van der Waals surface area (Å²) in [6, 6.07) is 12.1. The number of amides is 2. The molecule has 1 aromatic carbocycles. The Morgan fingerprint density at radius 3 is 2.96 bits per heavy atom. The van der Waals surface area contributed by atoms with Crippen LogP contribution in [0.15, 0.2) is 55.0 Å². The maximum atomic E-state index is 13.2. The first-order chi connectivity index (χ1) is 13.2. The van der Waals surface area contributed by atoms with Gasteiger partial charge in [0.05, 0.1) is 12.2 Å². The minimum atomic E-state index is -0.180. The van der Waals surface area contributed by atoms with Gasteiger partial charge in [-0.25, -0.2) is 4.79 Å². The highest BCUT2D eigenvalue weighted by molar-refractivity contribution is 5.88. The molecule has 0 spiro atoms. The molecule has 27 heavy (non-hydrogen) atoms. The van der Waals surface area contributed by atoms with Crippen LogP contribution in [0.1, 0.15) is 35.6 Å². The van der Waals surface area contributed by atoms with E-state index in [0.29, 0.717) is 12.4 Å². The fourth-order valence-electron chi connectivity index (χ4n) is 3.65. The molecule has 1 aliphatic rings. The molecule has 2 amide bonds. The standard InChI is InChI=1S/C20H22N6O/c1-25-14-19(23-24-25)22-20(27)26(13-15-6-5-11-21-12-15)18-10-4-8-16-7-2-3-9-17(16)18/h2-3,5-7,9,11-12,14,18H,4,8,10,13H2,1H3,(H,22,27)/t18-/m1/s1. The van der Waals surface area contributed by atoms with Crippen LogP contribution in [-0.4, -0.2) is 30.9 Å². The van der Waals surface area contributed by atoms with E-state index in [1.54, 1.807) is 30.3 Å². The van der Waals surface area contributed by atoms with Gasteiger partial charge in [0.1, 0.15) is 0 Å². The Morgan fingerprint density at radius 1 is 1.30 bits per heavy atom. The Bertz CT molecular complexity index is 923. The van der Waals surface area contributed by atoms with Crippen LogP contribution >= 0.6 is 0 Å². The van der Waals surface area contributed by atoms with Crippen molar-refractivity contribution in [2.75, 3.05) is 5.32 Å². The number of carbonyl (C=O) groups excluding carboxylic acids is 1. The minimum absolute atomic E-state index is 0.0202. The molecule has 0 unspecified atom stereocenters. The lowest BCUT2D eigenvalue weighted by Crippen LogP contribution is -2.39. The summed E-state index contributed by atoms with van der Waals surface area (Å²) >= 11 is 0. The van der Waals surface area contributed by atoms with Crippen molar-refractivity contribution in [2.45, 2.75) is 31.8 Å². The lowest BCUT2D eigenvalue weighted by Gasteiger charge is -2.35. The van der Waals surface area contributed by atoms with Crippen LogP contribution in [0.4, 0.5) is 10.6 Å². The van der Waals surface area contributed by atoms with Crippen molar-refractivity contribution in [3.63, 3.8) is 0 Å². The summed E-state index contributed by atoms with van der Waals surface area (Å²) in [5.41, 5.74) is 3.54. The molecule has 1 N–H and O–H groups in total. The normalized spacial score (nSPS) is 15.8. The minimum Gasteiger partial charge on any atom is -0.313 e. The van der Waals surface area contributed by atoms with Gasteiger partial charge >= 0.3 is 6.03 Å². The van der Waals surface area contributed by atoms with Crippen molar-refractivity contribution in [2.24, 2.45) is 7.05 Å². The van der Waals surface area contributed by atoms with Gasteiger partial charge in [0.2, 0.25) is 0 Å². The first kappa shape index (κ1) is 17.2. The molecular formula is C20H22N6O. The molecule has 2 heterocycles. The van der Waals surface area contributed by atoms with Gasteiger partial charge in [-0.3, -0.25) is 15.0 Å². The van der Waals surface area contributed by atoms with Crippen molar-refractivity contribution in [1.29, 1.82) is 0 Å². The second kappa shape index (κ2) is 7.57. The Morgan fingerprint density at radius 2 is 2.19 bits per heavy atom. The van der Waals surface area contributed by atoms with E-state index in [1.807, 2.05) is 23.1 Å². The van der Waals surface area contributed by atoms with Crippen molar-refractivity contribution < 1.29 is 4.79 Å². The zero-order valence-electron chi connectivity index (χ0n) is 15.2. The lowest BCUT2D eigenvalue weighted by atomic mass is 9.86. The van der Waals surface area contributed by atoms with Crippen LogP contribution in [0.25, 0.3) is 0 Å². The summed E-state index contributed by atoms with van der Waals surface area (Å²) in [4.78, 5) is 19.2. The number of nitrogens with zero attached hydrogens (tertiary/aromatic N) is 5. The number of nitrogens with one attached hydrogen (secondary N) is 1. The number of rotatable bonds is 4. The highest BCUT2D eigenvalue weighted by Crippen LogP contribution is 2.35. The quantitative estimate of drug-likeness (QED) is 0.772. The molecule has 4 rings (SSSR count). The molecule has 1 atom stereocenters. The number of fused-ring (bicyclic) bond motifs is 1. The fraction of sp³-hybridized carbons (Fsp3) is 0.300. The Hall–Kier alpha value is -3.22. The fourth-order valence-corrected chi connectivity index (χ4v) is 3.65. The topological polar surface area (TPSA) is 75.9 Å². The smallest absolute Gasteiger partial charge is 0.313 e. The van der Waals surface area contributed by atoms with Crippen LogP contribution in [0.5, 0.6) is 0 Å². The summed E-state index contributed by atoms with van der Waals surface area (Å²) < 4.78 is 1.57. The van der Waals surface area contributed by atoms with Gasteiger partial charge in [-0.05, 0) is 42.0 Å². The van der Waals surface area contributed by atoms with Gasteiger partial charge in [0, 0.05) is 26.0 Å². The van der Waals surface area contributed by atoms with Crippen molar-refractivity contribution in [3.8, 4) is 0 Å². The molecular weight excluding hydrogens is 340 g/mol. The molecule has 7 nitrogen and oxygen atoms in total. The maximum Gasteiger partial charge on any atom is 0.323 e. The third kappa shape index (κ3) is 3.81. The van der Waals surface area contributed by atoms with Gasteiger partial charge in [-0.2, -0.15) is 0 Å². The molecule has 1 aliphatic carbocycles. The number of aryl methyl sites for hydroxylation is 2. The predicted molar refractivity (Wildman–Crippen MR) is 102 cm³/mol. The second-order valence-electron chi connectivity index (χ2n) is 6.80. The largest absolute Gasteiger partial charge is 0.323 e. The Labute approximate surface area is 158 Å². The SMILES string of the molecule is Cn1cc(NC(=O)N(Cc2cccnc2)[C@@H]2CCCc3ccccc32)nn1. The molecule has 0 fully saturated rings. The van der Waals surface area contributed by atoms with E-state index >= 15 is 0 Å². The van der Waals surface area contributed by atoms with Gasteiger partial charge in [0.25, 0.3) is 0 Å². The van der Waals surface area contributed by atoms with Gasteiger partial charge < -0.3 is 4.90 Å². The van der Waals surface area contributed by atoms with E-state index < -0.39 is 0 Å². The highest BCUT2D eigenvalue weighted by Gasteiger charge is 2.29. The number of pyridine rings is 1. The number of anilines is 1. The van der Waals surface area contributed by atoms with Crippen molar-refractivity contribution >= 4 is 11.8 Å². The van der Waals surface area contributed by atoms with Crippen LogP contribution < -0.4 is 5.32 Å². The molecule has 0 saturated carbocycles. The number of hydrogen-bond acceptors (Lipinski definition) is 4. The van der Waals surface area contributed by atoms with Crippen molar-refractivity contribution in [1.82, 2.24) is 24.9 Å². The maximum absolute atomic E-state index is 13.2. The zero-order chi connectivity index (χ0) is 18.6. The van der Waals surface area contributed by atoms with E-state index in [0.717, 1.165) is 24.8 Å². The van der Waals surface area contributed by atoms with E-state index in [-0.39, 0.29) is 12.1 Å². The van der Waals surface area contributed by atoms with E-state index in [4.69, 9.17) is 0 Å². The van der Waals surface area contributed by atoms with E-state index in [2.05, 4.69) is 38.8 Å². The first-order valence-corrected chi connectivity index (χ1v) is 9.11. The second-order valence-corrected chi connectivity index (χ2v) is 6.80. The van der Waals surface area contributed by atoms with Gasteiger partial charge in [0.15, 0.2) is 5.82 Å². The van der Waals surface area contributed by atoms with Crippen LogP contribution in [0.3, 0.4) is 0 Å². The summed E-state index contributed by atoms with van der Waals surface area (Å²) in [5.74, 6) is 0.447. The molecule has 138 valence electrons. The van der Waals surface area contributed by atoms with Crippen molar-refractivity contribution in [3.05, 3.63) is 71.7 Å². The number of aromatic nitrogens is 4. The molecule has 3 aromatic rings. The average Bonchev–Trinajstić information content (AvgIpc) is 3.11. The van der Waals surface area contributed by atoms with Crippen LogP contribution in [0.2, 0.25) is 0 Å². The summed E-state index contributed by atoms with van der Waals surface area (Å²) in [7, 11) is 1.77. The third-order valence-corrected chi connectivity index (χ3v) is 4.89. The predicted octanol–water partition coefficient (Wildman–Crippen LogP) is 3.32. The average molecular weight is 362 g/mol. The molecule has 0 saturated heterocycles. The third-order valence-electron chi connectivity index (χ3n) is 4.89. The molecule has 0 radical (unpaired) electrons. The number of benzene rings is 1. The van der Waals surface area contributed by atoms with Gasteiger partial charge in [-0.15, -0.1) is 5.10 Å². The van der Waals surface area contributed by atoms with E-state index in [1.165, 1.54) is 11.1 Å². The zero-order valence-corrected chi connectivity index (χ0v) is 15.2. The van der Waals surface area contributed by atoms with E-state index in [9.17, 15) is 4.79 Å². The summed E-state index contributed by atoms with van der Waals surface area (Å²) in [6.45, 7) is 0.485. The van der Waals surface area contributed by atoms with Crippen LogP contribution in [-0.2, 0) is 20.0 Å². The number of urea groups is 1. The first-order valence-electron chi connectivity index (χ1n) is 9.11. The lowest BCUT2D eigenvalue weighted by molar-refractivity contribution is 0.175. The summed E-state index contributed by atoms with van der Waals surface area (Å²) in [6.07, 6.45) is 8.28. The van der Waals surface area contributed by atoms with Crippen LogP contribution in [0, 0.1) is 0 Å². The molecule has 7 heteroatoms. The number of hydrogen-bond donors (Lipinski definition) is 1. The molecule has 0 aliphatic heterocycles. The summed E-state index contributed by atoms with van der Waals surface area (Å²) in [5, 5.41) is 10.7. The molecule has 2 aromatic heterocycles.